The van der Waals surface area contributed by atoms with Crippen molar-refractivity contribution in [2.75, 3.05) is 0 Å². The van der Waals surface area contributed by atoms with Crippen molar-refractivity contribution in [3.8, 4) is 0 Å². The molecule has 0 aromatic carbocycles. The molecule has 0 unspecified atom stereocenters. The van der Waals surface area contributed by atoms with Crippen LogP contribution in [0.3, 0.4) is 0 Å². The highest BCUT2D eigenvalue weighted by atomic mass is 35.5. The lowest BCUT2D eigenvalue weighted by molar-refractivity contribution is 0.495. The number of hydrogen-bond donors (Lipinski definition) is 1. The Balaban J connectivity index is 2.49. The van der Waals surface area contributed by atoms with Gasteiger partial charge in [-0.25, -0.2) is 0 Å². The van der Waals surface area contributed by atoms with E-state index in [0.717, 1.165) is 0 Å². The van der Waals surface area contributed by atoms with Crippen LogP contribution >= 0.6 is 11.8 Å². The lowest BCUT2D eigenvalue weighted by Crippen LogP contribution is -2.20. The summed E-state index contributed by atoms with van der Waals surface area (Å²) in [6.45, 7) is 0. The second-order valence-corrected chi connectivity index (χ2v) is 1.40. The summed E-state index contributed by atoms with van der Waals surface area (Å²) in [5, 5.41) is 0. The molecule has 0 aliphatic carbocycles. The van der Waals surface area contributed by atoms with Crippen LogP contribution in [0.15, 0.2) is 18.4 Å². The zero-order valence-corrected chi connectivity index (χ0v) is 4.31. The monoisotopic (exact) mass is 115 g/mol. The van der Waals surface area contributed by atoms with Crippen LogP contribution in [0.5, 0.6) is 0 Å². The van der Waals surface area contributed by atoms with E-state index in [1.807, 2.05) is 0 Å². The quantitative estimate of drug-likeness (QED) is 0.470. The summed E-state index contributed by atoms with van der Waals surface area (Å²) in [7, 11) is 0. The van der Waals surface area contributed by atoms with Gasteiger partial charge in [0.2, 0.25) is 0 Å². The van der Waals surface area contributed by atoms with E-state index >= 15 is 0 Å². The maximum absolute atomic E-state index is 5.35. The van der Waals surface area contributed by atoms with Gasteiger partial charge in [-0.15, -0.1) is 0 Å². The predicted molar refractivity (Wildman–Crippen MR) is 27.8 cm³/mol. The van der Waals surface area contributed by atoms with Crippen molar-refractivity contribution in [1.29, 1.82) is 0 Å². The number of halogens is 1. The molecule has 0 bridgehead atoms. The highest BCUT2D eigenvalue weighted by Crippen LogP contribution is 1.92. The maximum Gasteiger partial charge on any atom is 0.103 e. The smallest absolute Gasteiger partial charge is 0.103 e. The zero-order valence-electron chi connectivity index (χ0n) is 3.56. The van der Waals surface area contributed by atoms with Crippen LogP contribution in [-0.2, 0) is 0 Å². The van der Waals surface area contributed by atoms with Gasteiger partial charge in [-0.3, -0.25) is 5.43 Å². The Kier molecular flexibility index (Phi) is 1.22. The van der Waals surface area contributed by atoms with E-state index in [-0.39, 0.29) is 0 Å². The fourth-order valence-corrected chi connectivity index (χ4v) is 0.415. The van der Waals surface area contributed by atoms with Gasteiger partial charge in [0.25, 0.3) is 0 Å². The van der Waals surface area contributed by atoms with Crippen molar-refractivity contribution in [2.24, 2.45) is 0 Å². The summed E-state index contributed by atoms with van der Waals surface area (Å²) in [6, 6.07) is 0. The summed E-state index contributed by atoms with van der Waals surface area (Å²) >= 11 is 5.35. The van der Waals surface area contributed by atoms with E-state index in [4.69, 9.17) is 11.8 Å². The minimum Gasteiger partial charge on any atom is -0.291 e. The normalized spacial score (nSPS) is 17.0. The minimum atomic E-state index is 1.22. The lowest BCUT2D eigenvalue weighted by Gasteiger charge is -2.09. The number of rotatable bonds is 0. The average Bonchev–Trinajstić information content (AvgIpc) is 1.69. The van der Waals surface area contributed by atoms with Crippen molar-refractivity contribution in [2.45, 2.75) is 0 Å². The first-order valence-corrected chi connectivity index (χ1v) is 2.20. The molecule has 0 atom stereocenters. The fourth-order valence-electron chi connectivity index (χ4n) is 0.302. The van der Waals surface area contributed by atoms with E-state index < -0.39 is 0 Å². The molecule has 7 heavy (non-hydrogen) atoms. The Labute approximate surface area is 47.1 Å². The van der Waals surface area contributed by atoms with Gasteiger partial charge in [-0.1, -0.05) is 0 Å². The van der Waals surface area contributed by atoms with Gasteiger partial charge in [-0.2, -0.15) is 4.53 Å². The number of allylic oxidation sites excluding steroid dienone is 2. The van der Waals surface area contributed by atoms with Crippen molar-refractivity contribution >= 4 is 11.8 Å². The molecule has 0 aromatic heterocycles. The van der Waals surface area contributed by atoms with E-state index in [1.54, 1.807) is 18.4 Å². The molecule has 1 rings (SSSR count). The molecule has 0 amide bonds. The highest BCUT2D eigenvalue weighted by molar-refractivity contribution is 6.13. The van der Waals surface area contributed by atoms with Crippen LogP contribution in [0.1, 0.15) is 0 Å². The molecule has 0 aromatic rings. The van der Waals surface area contributed by atoms with Crippen LogP contribution in [0.25, 0.3) is 0 Å². The summed E-state index contributed by atoms with van der Waals surface area (Å²) in [5.74, 6) is 0. The summed E-state index contributed by atoms with van der Waals surface area (Å²) in [5.41, 5.74) is 2.66. The predicted octanol–water partition coefficient (Wildman–Crippen LogP) is 0.791. The Morgan fingerprint density at radius 3 is 2.86 bits per heavy atom. The third kappa shape index (κ3) is 1.12. The summed E-state index contributed by atoms with van der Waals surface area (Å²) in [4.78, 5) is 0. The molecule has 1 heterocycles. The van der Waals surface area contributed by atoms with Gasteiger partial charge < -0.3 is 0 Å². The number of hydrogen-bond acceptors (Lipinski definition) is 2. The van der Waals surface area contributed by atoms with Crippen LogP contribution in [0.4, 0.5) is 0 Å². The van der Waals surface area contributed by atoms with Gasteiger partial charge in [0.05, 0.1) is 0 Å². The number of nitrogens with zero attached hydrogens (tertiary/aromatic N) is 1. The van der Waals surface area contributed by atoms with Crippen LogP contribution in [-0.4, -0.2) is 4.53 Å². The summed E-state index contributed by atoms with van der Waals surface area (Å²) < 4.78 is 1.22. The largest absolute Gasteiger partial charge is 0.291 e. The molecule has 1 aliphatic rings. The second kappa shape index (κ2) is 1.89. The minimum absolute atomic E-state index is 1.22. The molecule has 3 heteroatoms. The Morgan fingerprint density at radius 2 is 2.57 bits per heavy atom. The van der Waals surface area contributed by atoms with Crippen LogP contribution < -0.4 is 5.43 Å². The van der Waals surface area contributed by atoms with Crippen molar-refractivity contribution in [3.05, 3.63) is 24.6 Å². The van der Waals surface area contributed by atoms with Crippen molar-refractivity contribution in [1.82, 2.24) is 9.95 Å². The first-order valence-electron chi connectivity index (χ1n) is 1.86. The molecular formula is C4H4ClN2. The van der Waals surface area contributed by atoms with Crippen molar-refractivity contribution in [3.63, 3.8) is 0 Å². The molecule has 1 aliphatic heterocycles. The molecule has 2 nitrogen and oxygen atoms in total. The van der Waals surface area contributed by atoms with Gasteiger partial charge in [-0.05, 0) is 12.2 Å². The number of hydrazine groups is 1. The molecule has 37 valence electrons. The first kappa shape index (κ1) is 4.53. The Hall–Kier alpha value is -0.630. The van der Waals surface area contributed by atoms with E-state index in [2.05, 4.69) is 11.6 Å². The zero-order chi connectivity index (χ0) is 5.11. The van der Waals surface area contributed by atoms with E-state index in [9.17, 15) is 0 Å². The number of nitrogens with one attached hydrogen (secondary N) is 1. The van der Waals surface area contributed by atoms with Gasteiger partial charge in [0, 0.05) is 18.0 Å². The van der Waals surface area contributed by atoms with E-state index in [1.165, 1.54) is 4.53 Å². The second-order valence-electron chi connectivity index (χ2n) is 1.06. The fraction of sp³-hybridized carbons (Fsp3) is 0. The Bertz CT molecular complexity index is 108. The molecule has 0 saturated heterocycles. The topological polar surface area (TPSA) is 15.3 Å². The third-order valence-corrected chi connectivity index (χ3v) is 0.763. The highest BCUT2D eigenvalue weighted by Gasteiger charge is 1.88. The summed E-state index contributed by atoms with van der Waals surface area (Å²) in [6.07, 6.45) is 7.89. The van der Waals surface area contributed by atoms with Gasteiger partial charge in [0.1, 0.15) is 6.20 Å². The van der Waals surface area contributed by atoms with Crippen molar-refractivity contribution < 1.29 is 0 Å². The maximum atomic E-state index is 5.35. The SMILES string of the molecule is ClN1[C]=CC=CN1. The van der Waals surface area contributed by atoms with Gasteiger partial charge in [0.15, 0.2) is 0 Å². The molecule has 0 spiro atoms. The Morgan fingerprint density at radius 1 is 1.71 bits per heavy atom. The average molecular weight is 116 g/mol. The van der Waals surface area contributed by atoms with Gasteiger partial charge >= 0.3 is 0 Å². The lowest BCUT2D eigenvalue weighted by atomic mass is 10.5. The van der Waals surface area contributed by atoms with Crippen LogP contribution in [0.2, 0.25) is 0 Å². The van der Waals surface area contributed by atoms with E-state index in [0.29, 0.717) is 0 Å². The van der Waals surface area contributed by atoms with Crippen LogP contribution in [0, 0.1) is 6.20 Å². The molecule has 1 N–H and O–H groups in total. The molecule has 0 saturated carbocycles. The molecule has 0 fully saturated rings. The third-order valence-electron chi connectivity index (χ3n) is 0.568. The standard InChI is InChI=1S/C4H4ClN2/c5-7-4-2-1-3-6-7/h1-3,6H. The molecular weight excluding hydrogens is 112 g/mol. The molecule has 1 radical (unpaired) electrons. The first-order chi connectivity index (χ1) is 3.39.